The van der Waals surface area contributed by atoms with Gasteiger partial charge in [0.15, 0.2) is 9.84 Å². The molecule has 2 N–H and O–H groups in total. The second-order valence-corrected chi connectivity index (χ2v) is 8.31. The van der Waals surface area contributed by atoms with Crippen LogP contribution in [-0.4, -0.2) is 43.8 Å². The van der Waals surface area contributed by atoms with Crippen molar-refractivity contribution in [3.63, 3.8) is 0 Å². The molecule has 0 aromatic heterocycles. The number of nitrogens with two attached hydrogens (primary N) is 1. The second kappa shape index (κ2) is 5.02. The lowest BCUT2D eigenvalue weighted by molar-refractivity contribution is -0.133. The Morgan fingerprint density at radius 2 is 1.76 bits per heavy atom. The molecule has 0 spiro atoms. The number of carbonyl (C=O) groups excluding carboxylic acids is 1. The average molecular weight is 308 g/mol. The van der Waals surface area contributed by atoms with Gasteiger partial charge >= 0.3 is 0 Å². The Balaban J connectivity index is 1.80. The van der Waals surface area contributed by atoms with Crippen molar-refractivity contribution in [2.45, 2.75) is 24.7 Å². The van der Waals surface area contributed by atoms with E-state index in [0.29, 0.717) is 25.2 Å². The van der Waals surface area contributed by atoms with Gasteiger partial charge in [-0.25, -0.2) is 8.42 Å². The molecule has 3 rings (SSSR count). The summed E-state index contributed by atoms with van der Waals surface area (Å²) in [6, 6.07) is 7.45. The van der Waals surface area contributed by atoms with Gasteiger partial charge in [-0.15, -0.1) is 0 Å². The zero-order valence-corrected chi connectivity index (χ0v) is 12.7. The first kappa shape index (κ1) is 14.4. The number of sulfone groups is 1. The molecule has 0 bridgehead atoms. The van der Waals surface area contributed by atoms with E-state index in [1.807, 2.05) is 24.3 Å². The molecule has 0 radical (unpaired) electrons. The first-order valence-electron chi connectivity index (χ1n) is 7.29. The highest BCUT2D eigenvalue weighted by Gasteiger charge is 2.53. The number of carbonyl (C=O) groups is 1. The van der Waals surface area contributed by atoms with Crippen LogP contribution < -0.4 is 5.73 Å². The number of nitrogen functional groups attached to an aromatic ring is 1. The molecule has 1 aliphatic heterocycles. The molecular weight excluding hydrogens is 288 g/mol. The summed E-state index contributed by atoms with van der Waals surface area (Å²) in [6.45, 7) is 0.854. The summed E-state index contributed by atoms with van der Waals surface area (Å²) >= 11 is 0. The van der Waals surface area contributed by atoms with E-state index in [0.717, 1.165) is 18.4 Å². The number of benzene rings is 1. The van der Waals surface area contributed by atoms with Gasteiger partial charge in [0.2, 0.25) is 5.91 Å². The van der Waals surface area contributed by atoms with Crippen LogP contribution in [-0.2, 0) is 20.0 Å². The van der Waals surface area contributed by atoms with Crippen molar-refractivity contribution in [2.75, 3.05) is 30.3 Å². The van der Waals surface area contributed by atoms with Crippen molar-refractivity contribution in [1.29, 1.82) is 0 Å². The minimum Gasteiger partial charge on any atom is -0.399 e. The molecule has 6 heteroatoms. The Labute approximate surface area is 125 Å². The lowest BCUT2D eigenvalue weighted by Gasteiger charge is -2.26. The van der Waals surface area contributed by atoms with Crippen LogP contribution in [0.2, 0.25) is 0 Å². The first-order chi connectivity index (χ1) is 9.93. The van der Waals surface area contributed by atoms with Crippen LogP contribution in [0.3, 0.4) is 0 Å². The fraction of sp³-hybridized carbons (Fsp3) is 0.533. The Bertz CT molecular complexity index is 648. The van der Waals surface area contributed by atoms with Gasteiger partial charge in [-0.3, -0.25) is 4.79 Å². The Hall–Kier alpha value is -1.56. The van der Waals surface area contributed by atoms with Gasteiger partial charge in [-0.2, -0.15) is 0 Å². The molecule has 1 heterocycles. The van der Waals surface area contributed by atoms with Crippen molar-refractivity contribution < 1.29 is 13.2 Å². The van der Waals surface area contributed by atoms with Crippen molar-refractivity contribution in [2.24, 2.45) is 0 Å². The Kier molecular flexibility index (Phi) is 3.43. The molecule has 2 fully saturated rings. The fourth-order valence-electron chi connectivity index (χ4n) is 3.00. The van der Waals surface area contributed by atoms with Gasteiger partial charge in [0.1, 0.15) is 0 Å². The highest BCUT2D eigenvalue weighted by Crippen LogP contribution is 2.49. The number of anilines is 1. The molecule has 0 atom stereocenters. The van der Waals surface area contributed by atoms with E-state index in [9.17, 15) is 13.2 Å². The van der Waals surface area contributed by atoms with Crippen LogP contribution >= 0.6 is 0 Å². The van der Waals surface area contributed by atoms with Crippen LogP contribution in [0.15, 0.2) is 24.3 Å². The highest BCUT2D eigenvalue weighted by atomic mass is 32.2. The molecule has 1 aromatic carbocycles. The summed E-state index contributed by atoms with van der Waals surface area (Å²) in [6.07, 6.45) is 2.20. The normalized spacial score (nSPS) is 23.3. The van der Waals surface area contributed by atoms with Crippen molar-refractivity contribution in [3.8, 4) is 0 Å². The third-order valence-electron chi connectivity index (χ3n) is 4.47. The smallest absolute Gasteiger partial charge is 0.233 e. The average Bonchev–Trinajstić information content (AvgIpc) is 3.24. The van der Waals surface area contributed by atoms with Crippen LogP contribution in [0.5, 0.6) is 0 Å². The summed E-state index contributed by atoms with van der Waals surface area (Å²) in [7, 11) is -2.99. The summed E-state index contributed by atoms with van der Waals surface area (Å²) < 4.78 is 23.3. The molecule has 2 aliphatic rings. The first-order valence-corrected chi connectivity index (χ1v) is 9.11. The maximum atomic E-state index is 12.8. The standard InChI is InChI=1S/C15H20N2O3S/c16-13-4-2-12(3-5-13)15(6-7-15)14(18)17-8-1-10-21(19,20)11-9-17/h2-5H,1,6-11,16H2. The topological polar surface area (TPSA) is 80.5 Å². The van der Waals surface area contributed by atoms with Crippen LogP contribution in [0.4, 0.5) is 5.69 Å². The van der Waals surface area contributed by atoms with E-state index in [-0.39, 0.29) is 17.4 Å². The van der Waals surface area contributed by atoms with Gasteiger partial charge in [0, 0.05) is 18.8 Å². The minimum atomic E-state index is -2.99. The van der Waals surface area contributed by atoms with Crippen LogP contribution in [0.25, 0.3) is 0 Å². The van der Waals surface area contributed by atoms with Gasteiger partial charge in [0.25, 0.3) is 0 Å². The largest absolute Gasteiger partial charge is 0.399 e. The molecule has 1 aromatic rings. The molecule has 114 valence electrons. The third-order valence-corrected chi connectivity index (χ3v) is 6.18. The summed E-state index contributed by atoms with van der Waals surface area (Å²) in [5.74, 6) is 0.340. The number of hydrogen-bond acceptors (Lipinski definition) is 4. The van der Waals surface area contributed by atoms with E-state index >= 15 is 0 Å². The van der Waals surface area contributed by atoms with Crippen LogP contribution in [0.1, 0.15) is 24.8 Å². The van der Waals surface area contributed by atoms with E-state index in [1.54, 1.807) is 4.90 Å². The monoisotopic (exact) mass is 308 g/mol. The predicted octanol–water partition coefficient (Wildman–Crippen LogP) is 0.947. The van der Waals surface area contributed by atoms with Crippen LogP contribution in [0, 0.1) is 0 Å². The van der Waals surface area contributed by atoms with Crippen molar-refractivity contribution in [1.82, 2.24) is 4.90 Å². The second-order valence-electron chi connectivity index (χ2n) is 6.00. The molecular formula is C15H20N2O3S. The van der Waals surface area contributed by atoms with Crippen molar-refractivity contribution >= 4 is 21.4 Å². The lowest BCUT2D eigenvalue weighted by atomic mass is 9.94. The van der Waals surface area contributed by atoms with Gasteiger partial charge in [0.05, 0.1) is 16.9 Å². The number of nitrogens with zero attached hydrogens (tertiary/aromatic N) is 1. The zero-order valence-electron chi connectivity index (χ0n) is 11.9. The van der Waals surface area contributed by atoms with Gasteiger partial charge in [-0.1, -0.05) is 12.1 Å². The Morgan fingerprint density at radius 1 is 1.10 bits per heavy atom. The molecule has 5 nitrogen and oxygen atoms in total. The summed E-state index contributed by atoms with van der Waals surface area (Å²) in [4.78, 5) is 14.6. The fourth-order valence-corrected chi connectivity index (χ4v) is 4.27. The number of amides is 1. The number of rotatable bonds is 2. The molecule has 0 unspecified atom stereocenters. The molecule has 1 amide bonds. The van der Waals surface area contributed by atoms with E-state index in [2.05, 4.69) is 0 Å². The molecule has 1 aliphatic carbocycles. The quantitative estimate of drug-likeness (QED) is 0.825. The maximum Gasteiger partial charge on any atom is 0.233 e. The predicted molar refractivity (Wildman–Crippen MR) is 81.6 cm³/mol. The van der Waals surface area contributed by atoms with Gasteiger partial charge < -0.3 is 10.6 Å². The number of hydrogen-bond donors (Lipinski definition) is 1. The van der Waals surface area contributed by atoms with Gasteiger partial charge in [-0.05, 0) is 37.0 Å². The Morgan fingerprint density at radius 3 is 2.38 bits per heavy atom. The SMILES string of the molecule is Nc1ccc(C2(C(=O)N3CCCS(=O)(=O)CC3)CC2)cc1. The summed E-state index contributed by atoms with van der Waals surface area (Å²) in [5.41, 5.74) is 6.93. The molecule has 21 heavy (non-hydrogen) atoms. The highest BCUT2D eigenvalue weighted by molar-refractivity contribution is 7.91. The molecule has 1 saturated heterocycles. The third kappa shape index (κ3) is 2.77. The maximum absolute atomic E-state index is 12.8. The van der Waals surface area contributed by atoms with E-state index in [1.165, 1.54) is 0 Å². The van der Waals surface area contributed by atoms with E-state index < -0.39 is 15.3 Å². The molecule has 1 saturated carbocycles. The lowest BCUT2D eigenvalue weighted by Crippen LogP contribution is -2.41. The van der Waals surface area contributed by atoms with E-state index in [4.69, 9.17) is 5.73 Å². The summed E-state index contributed by atoms with van der Waals surface area (Å²) in [5, 5.41) is 0. The van der Waals surface area contributed by atoms with Crippen molar-refractivity contribution in [3.05, 3.63) is 29.8 Å². The zero-order chi connectivity index (χ0) is 15.1. The minimum absolute atomic E-state index is 0.0735.